The SMILES string of the molecule is Cc1nc(CCNc2ccc(Br)c(C)n2)cs1. The number of anilines is 1. The molecule has 5 heteroatoms. The lowest BCUT2D eigenvalue weighted by Crippen LogP contribution is -2.07. The fourth-order valence-corrected chi connectivity index (χ4v) is 2.35. The van der Waals surface area contributed by atoms with E-state index >= 15 is 0 Å². The van der Waals surface area contributed by atoms with Crippen LogP contribution < -0.4 is 5.32 Å². The van der Waals surface area contributed by atoms with Crippen molar-refractivity contribution in [2.24, 2.45) is 0 Å². The Morgan fingerprint density at radius 2 is 2.12 bits per heavy atom. The van der Waals surface area contributed by atoms with E-state index in [-0.39, 0.29) is 0 Å². The van der Waals surface area contributed by atoms with Crippen LogP contribution >= 0.6 is 27.3 Å². The third kappa shape index (κ3) is 3.51. The minimum absolute atomic E-state index is 0.858. The van der Waals surface area contributed by atoms with Gasteiger partial charge in [0, 0.05) is 22.8 Å². The lowest BCUT2D eigenvalue weighted by molar-refractivity contribution is 0.957. The van der Waals surface area contributed by atoms with E-state index in [0.717, 1.165) is 39.7 Å². The van der Waals surface area contributed by atoms with E-state index in [4.69, 9.17) is 0 Å². The second-order valence-electron chi connectivity index (χ2n) is 3.80. The molecule has 0 bridgehead atoms. The van der Waals surface area contributed by atoms with Crippen LogP contribution in [0.4, 0.5) is 5.82 Å². The van der Waals surface area contributed by atoms with Crippen molar-refractivity contribution >= 4 is 33.1 Å². The smallest absolute Gasteiger partial charge is 0.126 e. The van der Waals surface area contributed by atoms with E-state index < -0.39 is 0 Å². The van der Waals surface area contributed by atoms with E-state index in [1.54, 1.807) is 11.3 Å². The first-order valence-electron chi connectivity index (χ1n) is 5.43. The predicted octanol–water partition coefficient (Wildman–Crippen LogP) is 3.57. The minimum atomic E-state index is 0.858. The molecule has 3 nitrogen and oxygen atoms in total. The molecule has 2 aromatic heterocycles. The van der Waals surface area contributed by atoms with Crippen LogP contribution in [0.1, 0.15) is 16.4 Å². The van der Waals surface area contributed by atoms with Gasteiger partial charge in [0.25, 0.3) is 0 Å². The summed E-state index contributed by atoms with van der Waals surface area (Å²) in [4.78, 5) is 8.86. The first-order valence-corrected chi connectivity index (χ1v) is 7.10. The van der Waals surface area contributed by atoms with Crippen LogP contribution in [0.3, 0.4) is 0 Å². The zero-order valence-electron chi connectivity index (χ0n) is 9.83. The van der Waals surface area contributed by atoms with Crippen LogP contribution in [0.15, 0.2) is 22.0 Å². The Hall–Kier alpha value is -0.940. The lowest BCUT2D eigenvalue weighted by atomic mass is 10.3. The second kappa shape index (κ2) is 5.60. The van der Waals surface area contributed by atoms with Gasteiger partial charge in [0.15, 0.2) is 0 Å². The van der Waals surface area contributed by atoms with E-state index in [1.165, 1.54) is 0 Å². The number of halogens is 1. The van der Waals surface area contributed by atoms with Gasteiger partial charge in [-0.05, 0) is 41.9 Å². The first kappa shape index (κ1) is 12.5. The molecule has 0 aliphatic carbocycles. The summed E-state index contributed by atoms with van der Waals surface area (Å²) in [6, 6.07) is 3.99. The molecule has 0 unspecified atom stereocenters. The average Bonchev–Trinajstić information content (AvgIpc) is 2.70. The quantitative estimate of drug-likeness (QED) is 0.938. The molecule has 90 valence electrons. The topological polar surface area (TPSA) is 37.8 Å². The molecule has 0 spiro atoms. The van der Waals surface area contributed by atoms with Gasteiger partial charge in [0.05, 0.1) is 16.4 Å². The third-order valence-electron chi connectivity index (χ3n) is 2.38. The molecule has 0 saturated carbocycles. The van der Waals surface area contributed by atoms with Gasteiger partial charge in [0.1, 0.15) is 5.82 Å². The Labute approximate surface area is 113 Å². The van der Waals surface area contributed by atoms with Crippen molar-refractivity contribution in [3.8, 4) is 0 Å². The highest BCUT2D eigenvalue weighted by atomic mass is 79.9. The summed E-state index contributed by atoms with van der Waals surface area (Å²) < 4.78 is 1.04. The molecule has 0 amide bonds. The summed E-state index contributed by atoms with van der Waals surface area (Å²) in [5, 5.41) is 6.53. The molecule has 0 atom stereocenters. The van der Waals surface area contributed by atoms with Crippen LogP contribution in [0.5, 0.6) is 0 Å². The lowest BCUT2D eigenvalue weighted by Gasteiger charge is -2.06. The highest BCUT2D eigenvalue weighted by molar-refractivity contribution is 9.10. The van der Waals surface area contributed by atoms with Gasteiger partial charge in [-0.2, -0.15) is 0 Å². The summed E-state index contributed by atoms with van der Waals surface area (Å²) in [6.45, 7) is 4.87. The average molecular weight is 312 g/mol. The monoisotopic (exact) mass is 311 g/mol. The summed E-state index contributed by atoms with van der Waals surface area (Å²) in [7, 11) is 0. The molecule has 2 aromatic rings. The molecule has 0 aliphatic heterocycles. The highest BCUT2D eigenvalue weighted by Crippen LogP contribution is 2.16. The molecule has 17 heavy (non-hydrogen) atoms. The van der Waals surface area contributed by atoms with Gasteiger partial charge in [-0.1, -0.05) is 0 Å². The van der Waals surface area contributed by atoms with Gasteiger partial charge in [-0.15, -0.1) is 11.3 Å². The molecular formula is C12H14BrN3S. The Morgan fingerprint density at radius 1 is 1.29 bits per heavy atom. The highest BCUT2D eigenvalue weighted by Gasteiger charge is 2.00. The number of hydrogen-bond donors (Lipinski definition) is 1. The first-order chi connectivity index (χ1) is 8.15. The molecule has 0 saturated heterocycles. The number of hydrogen-bond acceptors (Lipinski definition) is 4. The Morgan fingerprint density at radius 3 is 2.76 bits per heavy atom. The van der Waals surface area contributed by atoms with Crippen LogP contribution in [0.2, 0.25) is 0 Å². The normalized spacial score (nSPS) is 10.5. The number of rotatable bonds is 4. The summed E-state index contributed by atoms with van der Waals surface area (Å²) in [6.07, 6.45) is 0.932. The van der Waals surface area contributed by atoms with Crippen molar-refractivity contribution in [1.82, 2.24) is 9.97 Å². The number of nitrogens with one attached hydrogen (secondary N) is 1. The molecule has 1 N–H and O–H groups in total. The molecular weight excluding hydrogens is 298 g/mol. The van der Waals surface area contributed by atoms with Crippen molar-refractivity contribution in [1.29, 1.82) is 0 Å². The van der Waals surface area contributed by atoms with E-state index in [2.05, 4.69) is 36.6 Å². The van der Waals surface area contributed by atoms with Gasteiger partial charge >= 0.3 is 0 Å². The maximum Gasteiger partial charge on any atom is 0.126 e. The van der Waals surface area contributed by atoms with Crippen molar-refractivity contribution in [2.45, 2.75) is 20.3 Å². The predicted molar refractivity (Wildman–Crippen MR) is 75.7 cm³/mol. The van der Waals surface area contributed by atoms with E-state index in [0.29, 0.717) is 0 Å². The molecule has 0 fully saturated rings. The van der Waals surface area contributed by atoms with Gasteiger partial charge in [0.2, 0.25) is 0 Å². The van der Waals surface area contributed by atoms with E-state index in [9.17, 15) is 0 Å². The number of aryl methyl sites for hydroxylation is 2. The number of pyridine rings is 1. The van der Waals surface area contributed by atoms with Gasteiger partial charge in [-0.25, -0.2) is 9.97 Å². The molecule has 0 aromatic carbocycles. The Kier molecular flexibility index (Phi) is 4.12. The van der Waals surface area contributed by atoms with Gasteiger partial charge < -0.3 is 5.32 Å². The second-order valence-corrected chi connectivity index (χ2v) is 5.71. The van der Waals surface area contributed by atoms with Crippen LogP contribution in [0, 0.1) is 13.8 Å². The van der Waals surface area contributed by atoms with Crippen LogP contribution in [-0.4, -0.2) is 16.5 Å². The van der Waals surface area contributed by atoms with E-state index in [1.807, 2.05) is 26.0 Å². The number of aromatic nitrogens is 2. The maximum absolute atomic E-state index is 4.43. The van der Waals surface area contributed by atoms with Crippen molar-refractivity contribution < 1.29 is 0 Å². The summed E-state index contributed by atoms with van der Waals surface area (Å²) in [5.41, 5.74) is 2.15. The zero-order valence-corrected chi connectivity index (χ0v) is 12.2. The minimum Gasteiger partial charge on any atom is -0.370 e. The summed E-state index contributed by atoms with van der Waals surface area (Å²) >= 11 is 5.13. The van der Waals surface area contributed by atoms with Crippen molar-refractivity contribution in [3.05, 3.63) is 38.4 Å². The number of nitrogens with zero attached hydrogens (tertiary/aromatic N) is 2. The molecule has 2 rings (SSSR count). The largest absolute Gasteiger partial charge is 0.370 e. The fraction of sp³-hybridized carbons (Fsp3) is 0.333. The molecule has 0 aliphatic rings. The van der Waals surface area contributed by atoms with Crippen molar-refractivity contribution in [3.63, 3.8) is 0 Å². The van der Waals surface area contributed by atoms with Crippen molar-refractivity contribution in [2.75, 3.05) is 11.9 Å². The van der Waals surface area contributed by atoms with Gasteiger partial charge in [-0.3, -0.25) is 0 Å². The molecule has 0 radical (unpaired) electrons. The fourth-order valence-electron chi connectivity index (χ4n) is 1.48. The number of thiazole rings is 1. The standard InChI is InChI=1S/C12H14BrN3S/c1-8-11(13)3-4-12(15-8)14-6-5-10-7-17-9(2)16-10/h3-4,7H,5-6H2,1-2H3,(H,14,15). The third-order valence-corrected chi connectivity index (χ3v) is 4.04. The Bertz CT molecular complexity index is 510. The molecule has 2 heterocycles. The van der Waals surface area contributed by atoms with Crippen LogP contribution in [-0.2, 0) is 6.42 Å². The maximum atomic E-state index is 4.43. The van der Waals surface area contributed by atoms with Crippen LogP contribution in [0.25, 0.3) is 0 Å². The Balaban J connectivity index is 1.87. The zero-order chi connectivity index (χ0) is 12.3. The summed E-state index contributed by atoms with van der Waals surface area (Å²) in [5.74, 6) is 0.914.